The SMILES string of the molecule is O=C(Cn1cnc2ccccc21)N1CCC(n2cc(Cl)cn2)C1. The van der Waals surface area contributed by atoms with Crippen LogP contribution in [0.4, 0.5) is 0 Å². The predicted molar refractivity (Wildman–Crippen MR) is 87.2 cm³/mol. The van der Waals surface area contributed by atoms with Crippen LogP contribution in [-0.4, -0.2) is 43.2 Å². The first kappa shape index (κ1) is 14.3. The van der Waals surface area contributed by atoms with Gasteiger partial charge in [0.25, 0.3) is 0 Å². The first-order valence-electron chi connectivity index (χ1n) is 7.58. The summed E-state index contributed by atoms with van der Waals surface area (Å²) in [6.07, 6.45) is 6.06. The number of fused-ring (bicyclic) bond motifs is 1. The summed E-state index contributed by atoms with van der Waals surface area (Å²) in [5.74, 6) is 0.105. The lowest BCUT2D eigenvalue weighted by Crippen LogP contribution is -2.32. The molecule has 0 radical (unpaired) electrons. The highest BCUT2D eigenvalue weighted by molar-refractivity contribution is 6.30. The zero-order valence-electron chi connectivity index (χ0n) is 12.5. The third kappa shape index (κ3) is 2.70. The number of nitrogens with zero attached hydrogens (tertiary/aromatic N) is 5. The van der Waals surface area contributed by atoms with Gasteiger partial charge in [-0.25, -0.2) is 4.98 Å². The Bertz CT molecular complexity index is 855. The maximum absolute atomic E-state index is 12.6. The van der Waals surface area contributed by atoms with Gasteiger partial charge in [-0.15, -0.1) is 0 Å². The molecule has 1 fully saturated rings. The maximum atomic E-state index is 12.6. The highest BCUT2D eigenvalue weighted by atomic mass is 35.5. The van der Waals surface area contributed by atoms with Crippen LogP contribution in [0.1, 0.15) is 12.5 Å². The Morgan fingerprint density at radius 1 is 1.35 bits per heavy atom. The van der Waals surface area contributed by atoms with E-state index in [0.717, 1.165) is 24.0 Å². The Labute approximate surface area is 138 Å². The van der Waals surface area contributed by atoms with Crippen molar-refractivity contribution in [3.05, 3.63) is 48.0 Å². The molecule has 0 saturated carbocycles. The summed E-state index contributed by atoms with van der Waals surface area (Å²) in [6, 6.07) is 8.03. The molecule has 118 valence electrons. The minimum atomic E-state index is 0.105. The van der Waals surface area contributed by atoms with E-state index >= 15 is 0 Å². The van der Waals surface area contributed by atoms with E-state index in [9.17, 15) is 4.79 Å². The Morgan fingerprint density at radius 3 is 3.04 bits per heavy atom. The summed E-state index contributed by atoms with van der Waals surface area (Å²) in [6.45, 7) is 1.73. The summed E-state index contributed by atoms with van der Waals surface area (Å²) in [5.41, 5.74) is 1.89. The van der Waals surface area contributed by atoms with Crippen LogP contribution in [0.3, 0.4) is 0 Å². The summed E-state index contributed by atoms with van der Waals surface area (Å²) >= 11 is 5.91. The van der Waals surface area contributed by atoms with E-state index in [1.165, 1.54) is 0 Å². The van der Waals surface area contributed by atoms with E-state index in [4.69, 9.17) is 11.6 Å². The van der Waals surface area contributed by atoms with Crippen molar-refractivity contribution in [2.24, 2.45) is 0 Å². The van der Waals surface area contributed by atoms with E-state index in [-0.39, 0.29) is 11.9 Å². The van der Waals surface area contributed by atoms with Crippen LogP contribution in [0.2, 0.25) is 5.02 Å². The molecule has 4 rings (SSSR count). The standard InChI is InChI=1S/C16H16ClN5O/c17-12-7-19-22(8-12)13-5-6-20(9-13)16(23)10-21-11-18-14-3-1-2-4-15(14)21/h1-4,7-8,11,13H,5-6,9-10H2. The Morgan fingerprint density at radius 2 is 2.22 bits per heavy atom. The van der Waals surface area contributed by atoms with Crippen LogP contribution in [0, 0.1) is 0 Å². The van der Waals surface area contributed by atoms with Crippen LogP contribution in [0.25, 0.3) is 11.0 Å². The third-order valence-electron chi connectivity index (χ3n) is 4.29. The molecular weight excluding hydrogens is 314 g/mol. The molecular formula is C16H16ClN5O. The van der Waals surface area contributed by atoms with Crippen LogP contribution in [0.15, 0.2) is 43.0 Å². The van der Waals surface area contributed by atoms with Gasteiger partial charge >= 0.3 is 0 Å². The lowest BCUT2D eigenvalue weighted by atomic mass is 10.3. The predicted octanol–water partition coefficient (Wildman–Crippen LogP) is 2.36. The molecule has 3 aromatic rings. The number of aromatic nitrogens is 4. The van der Waals surface area contributed by atoms with Gasteiger partial charge in [0.15, 0.2) is 0 Å². The van der Waals surface area contributed by atoms with Gasteiger partial charge < -0.3 is 9.47 Å². The van der Waals surface area contributed by atoms with Crippen molar-refractivity contribution in [1.82, 2.24) is 24.2 Å². The molecule has 7 heteroatoms. The Hall–Kier alpha value is -2.34. The molecule has 1 aromatic carbocycles. The lowest BCUT2D eigenvalue weighted by Gasteiger charge is -2.17. The molecule has 1 saturated heterocycles. The molecule has 2 aromatic heterocycles. The molecule has 1 unspecified atom stereocenters. The van der Waals surface area contributed by atoms with Gasteiger partial charge in [0.2, 0.25) is 5.91 Å². The van der Waals surface area contributed by atoms with E-state index in [1.807, 2.05) is 44.6 Å². The molecule has 1 amide bonds. The first-order chi connectivity index (χ1) is 11.2. The molecule has 3 heterocycles. The van der Waals surface area contributed by atoms with E-state index in [1.54, 1.807) is 12.5 Å². The van der Waals surface area contributed by atoms with Crippen LogP contribution < -0.4 is 0 Å². The molecule has 23 heavy (non-hydrogen) atoms. The number of hydrogen-bond acceptors (Lipinski definition) is 3. The fourth-order valence-electron chi connectivity index (χ4n) is 3.08. The minimum absolute atomic E-state index is 0.105. The summed E-state index contributed by atoms with van der Waals surface area (Å²) in [5, 5.41) is 4.86. The number of hydrogen-bond donors (Lipinski definition) is 0. The second-order valence-electron chi connectivity index (χ2n) is 5.78. The van der Waals surface area contributed by atoms with Gasteiger partial charge in [-0.05, 0) is 18.6 Å². The van der Waals surface area contributed by atoms with Gasteiger partial charge in [0.1, 0.15) is 6.54 Å². The number of rotatable bonds is 3. The molecule has 6 nitrogen and oxygen atoms in total. The second kappa shape index (κ2) is 5.70. The van der Waals surface area contributed by atoms with Crippen molar-refractivity contribution < 1.29 is 4.79 Å². The molecule has 1 aliphatic rings. The molecule has 0 aliphatic carbocycles. The first-order valence-corrected chi connectivity index (χ1v) is 7.96. The number of carbonyl (C=O) groups is 1. The van der Waals surface area contributed by atoms with Gasteiger partial charge in [-0.1, -0.05) is 23.7 Å². The van der Waals surface area contributed by atoms with Crippen LogP contribution in [0.5, 0.6) is 0 Å². The average Bonchev–Trinajstić information content (AvgIpc) is 3.27. The normalized spacial score (nSPS) is 18.0. The van der Waals surface area contributed by atoms with Gasteiger partial charge in [-0.3, -0.25) is 9.48 Å². The number of likely N-dealkylation sites (tertiary alicyclic amines) is 1. The number of halogens is 1. The zero-order valence-corrected chi connectivity index (χ0v) is 13.2. The monoisotopic (exact) mass is 329 g/mol. The number of carbonyl (C=O) groups excluding carboxylic acids is 1. The summed E-state index contributed by atoms with van der Waals surface area (Å²) in [4.78, 5) is 18.8. The number of amides is 1. The molecule has 0 spiro atoms. The van der Waals surface area contributed by atoms with E-state index in [2.05, 4.69) is 10.1 Å². The molecule has 1 atom stereocenters. The maximum Gasteiger partial charge on any atom is 0.242 e. The molecule has 1 aliphatic heterocycles. The highest BCUT2D eigenvalue weighted by Crippen LogP contribution is 2.23. The van der Waals surface area contributed by atoms with Crippen molar-refractivity contribution in [3.8, 4) is 0 Å². The van der Waals surface area contributed by atoms with Crippen LogP contribution in [-0.2, 0) is 11.3 Å². The van der Waals surface area contributed by atoms with Crippen molar-refractivity contribution in [2.45, 2.75) is 19.0 Å². The van der Waals surface area contributed by atoms with Crippen molar-refractivity contribution >= 4 is 28.5 Å². The fourth-order valence-corrected chi connectivity index (χ4v) is 3.22. The summed E-state index contributed by atoms with van der Waals surface area (Å²) in [7, 11) is 0. The van der Waals surface area contributed by atoms with E-state index < -0.39 is 0 Å². The smallest absolute Gasteiger partial charge is 0.242 e. The Balaban J connectivity index is 1.46. The lowest BCUT2D eigenvalue weighted by molar-refractivity contribution is -0.130. The third-order valence-corrected chi connectivity index (χ3v) is 4.49. The topological polar surface area (TPSA) is 56.0 Å². The fraction of sp³-hybridized carbons (Fsp3) is 0.312. The quantitative estimate of drug-likeness (QED) is 0.741. The minimum Gasteiger partial charge on any atom is -0.339 e. The van der Waals surface area contributed by atoms with Crippen molar-refractivity contribution in [1.29, 1.82) is 0 Å². The van der Waals surface area contributed by atoms with Gasteiger partial charge in [-0.2, -0.15) is 5.10 Å². The van der Waals surface area contributed by atoms with Gasteiger partial charge in [0, 0.05) is 19.3 Å². The molecule has 0 bridgehead atoms. The second-order valence-corrected chi connectivity index (χ2v) is 6.22. The number of benzene rings is 1. The average molecular weight is 330 g/mol. The molecule has 0 N–H and O–H groups in total. The Kier molecular flexibility index (Phi) is 3.53. The van der Waals surface area contributed by atoms with Crippen molar-refractivity contribution in [2.75, 3.05) is 13.1 Å². The zero-order chi connectivity index (χ0) is 15.8. The van der Waals surface area contributed by atoms with Crippen molar-refractivity contribution in [3.63, 3.8) is 0 Å². The number of imidazole rings is 1. The van der Waals surface area contributed by atoms with Gasteiger partial charge in [0.05, 0.1) is 34.6 Å². The summed E-state index contributed by atoms with van der Waals surface area (Å²) < 4.78 is 3.75. The highest BCUT2D eigenvalue weighted by Gasteiger charge is 2.28. The number of para-hydroxylation sites is 2. The van der Waals surface area contributed by atoms with E-state index in [0.29, 0.717) is 18.1 Å². The largest absolute Gasteiger partial charge is 0.339 e. The van der Waals surface area contributed by atoms with Crippen LogP contribution >= 0.6 is 11.6 Å².